The molecule has 5 heteroatoms. The Balaban J connectivity index is 1.96. The lowest BCUT2D eigenvalue weighted by molar-refractivity contribution is -0.117. The SMILES string of the molecule is COc1ccsc1C(N)c1ccc2c(c1)CC(=O)N2C. The Labute approximate surface area is 121 Å². The number of hydrogen-bond donors (Lipinski definition) is 1. The standard InChI is InChI=1S/C15H16N2O2S/c1-17-11-4-3-9(7-10(11)8-13(17)18)14(16)15-12(19-2)5-6-20-15/h3-7,14H,8,16H2,1-2H3. The van der Waals surface area contributed by atoms with Crippen LogP contribution in [0.25, 0.3) is 0 Å². The zero-order chi connectivity index (χ0) is 14.3. The van der Waals surface area contributed by atoms with Crippen LogP contribution in [-0.2, 0) is 11.2 Å². The molecule has 2 N–H and O–H groups in total. The molecule has 0 fully saturated rings. The molecule has 2 aromatic rings. The molecule has 1 aliphatic heterocycles. The zero-order valence-electron chi connectivity index (χ0n) is 11.4. The number of benzene rings is 1. The van der Waals surface area contributed by atoms with Gasteiger partial charge in [-0.15, -0.1) is 11.3 Å². The van der Waals surface area contributed by atoms with Crippen LogP contribution in [0.3, 0.4) is 0 Å². The van der Waals surface area contributed by atoms with Crippen LogP contribution in [0.15, 0.2) is 29.6 Å². The number of likely N-dealkylation sites (N-methyl/N-ethyl adjacent to an activating group) is 1. The number of ether oxygens (including phenoxy) is 1. The third kappa shape index (κ3) is 1.99. The third-order valence-electron chi connectivity index (χ3n) is 3.70. The molecule has 0 aliphatic carbocycles. The van der Waals surface area contributed by atoms with Crippen LogP contribution in [0.4, 0.5) is 5.69 Å². The van der Waals surface area contributed by atoms with Gasteiger partial charge in [0.25, 0.3) is 0 Å². The van der Waals surface area contributed by atoms with E-state index in [1.165, 1.54) is 0 Å². The second kappa shape index (κ2) is 4.92. The highest BCUT2D eigenvalue weighted by Crippen LogP contribution is 2.36. The van der Waals surface area contributed by atoms with Crippen molar-refractivity contribution in [1.29, 1.82) is 0 Å². The first-order chi connectivity index (χ1) is 9.61. The smallest absolute Gasteiger partial charge is 0.231 e. The van der Waals surface area contributed by atoms with Crippen molar-refractivity contribution in [1.82, 2.24) is 0 Å². The van der Waals surface area contributed by atoms with Crippen LogP contribution in [-0.4, -0.2) is 20.1 Å². The molecule has 0 spiro atoms. The van der Waals surface area contributed by atoms with E-state index in [0.717, 1.165) is 27.4 Å². The van der Waals surface area contributed by atoms with Crippen molar-refractivity contribution >= 4 is 22.9 Å². The molecule has 0 saturated heterocycles. The summed E-state index contributed by atoms with van der Waals surface area (Å²) < 4.78 is 5.32. The molecule has 1 aromatic heterocycles. The van der Waals surface area contributed by atoms with Crippen molar-refractivity contribution < 1.29 is 9.53 Å². The highest BCUT2D eigenvalue weighted by atomic mass is 32.1. The van der Waals surface area contributed by atoms with E-state index in [9.17, 15) is 4.79 Å². The quantitative estimate of drug-likeness (QED) is 0.943. The molecule has 4 nitrogen and oxygen atoms in total. The average Bonchev–Trinajstić information content (AvgIpc) is 3.03. The van der Waals surface area contributed by atoms with Crippen LogP contribution in [0.5, 0.6) is 5.75 Å². The molecular weight excluding hydrogens is 272 g/mol. The van der Waals surface area contributed by atoms with Crippen molar-refractivity contribution in [3.05, 3.63) is 45.6 Å². The second-order valence-corrected chi connectivity index (χ2v) is 5.80. The molecule has 0 bridgehead atoms. The molecule has 0 saturated carbocycles. The number of hydrogen-bond acceptors (Lipinski definition) is 4. The number of nitrogens with zero attached hydrogens (tertiary/aromatic N) is 1. The molecule has 1 aromatic carbocycles. The van der Waals surface area contributed by atoms with Gasteiger partial charge in [-0.1, -0.05) is 12.1 Å². The van der Waals surface area contributed by atoms with E-state index in [1.807, 2.05) is 29.6 Å². The first-order valence-electron chi connectivity index (χ1n) is 6.38. The van der Waals surface area contributed by atoms with Crippen molar-refractivity contribution in [2.45, 2.75) is 12.5 Å². The Morgan fingerprint density at radius 2 is 2.20 bits per heavy atom. The number of anilines is 1. The second-order valence-electron chi connectivity index (χ2n) is 4.85. The Bertz CT molecular complexity index is 666. The summed E-state index contributed by atoms with van der Waals surface area (Å²) >= 11 is 1.58. The van der Waals surface area contributed by atoms with Gasteiger partial charge in [-0.05, 0) is 28.6 Å². The molecule has 1 aliphatic rings. The van der Waals surface area contributed by atoms with Crippen molar-refractivity contribution in [2.24, 2.45) is 5.73 Å². The predicted molar refractivity (Wildman–Crippen MR) is 80.5 cm³/mol. The molecule has 1 atom stereocenters. The lowest BCUT2D eigenvalue weighted by Crippen LogP contribution is -2.20. The van der Waals surface area contributed by atoms with Gasteiger partial charge in [-0.3, -0.25) is 4.79 Å². The van der Waals surface area contributed by atoms with Gasteiger partial charge in [-0.2, -0.15) is 0 Å². The fraction of sp³-hybridized carbons (Fsp3) is 0.267. The summed E-state index contributed by atoms with van der Waals surface area (Å²) in [6.45, 7) is 0. The normalized spacial score (nSPS) is 15.3. The van der Waals surface area contributed by atoms with Gasteiger partial charge in [0.05, 0.1) is 24.4 Å². The van der Waals surface area contributed by atoms with Crippen molar-refractivity contribution in [3.63, 3.8) is 0 Å². The first-order valence-corrected chi connectivity index (χ1v) is 7.26. The van der Waals surface area contributed by atoms with E-state index in [-0.39, 0.29) is 11.9 Å². The number of amides is 1. The van der Waals surface area contributed by atoms with E-state index in [4.69, 9.17) is 10.5 Å². The Morgan fingerprint density at radius 1 is 1.40 bits per heavy atom. The molecule has 2 heterocycles. The van der Waals surface area contributed by atoms with E-state index in [2.05, 4.69) is 0 Å². The van der Waals surface area contributed by atoms with Gasteiger partial charge in [-0.25, -0.2) is 0 Å². The molecule has 1 unspecified atom stereocenters. The number of carbonyl (C=O) groups excluding carboxylic acids is 1. The van der Waals surface area contributed by atoms with Gasteiger partial charge < -0.3 is 15.4 Å². The minimum Gasteiger partial charge on any atom is -0.496 e. The number of thiophene rings is 1. The van der Waals surface area contributed by atoms with Gasteiger partial charge in [0, 0.05) is 12.7 Å². The monoisotopic (exact) mass is 288 g/mol. The van der Waals surface area contributed by atoms with Gasteiger partial charge >= 0.3 is 0 Å². The van der Waals surface area contributed by atoms with Crippen molar-refractivity contribution in [3.8, 4) is 5.75 Å². The van der Waals surface area contributed by atoms with Crippen LogP contribution >= 0.6 is 11.3 Å². The highest BCUT2D eigenvalue weighted by molar-refractivity contribution is 7.10. The van der Waals surface area contributed by atoms with Crippen LogP contribution in [0.2, 0.25) is 0 Å². The van der Waals surface area contributed by atoms with E-state index in [1.54, 1.807) is 30.4 Å². The summed E-state index contributed by atoms with van der Waals surface area (Å²) in [7, 11) is 3.45. The number of fused-ring (bicyclic) bond motifs is 1. The Hall–Kier alpha value is -1.85. The fourth-order valence-corrected chi connectivity index (χ4v) is 3.43. The minimum atomic E-state index is -0.226. The maximum atomic E-state index is 11.7. The highest BCUT2D eigenvalue weighted by Gasteiger charge is 2.25. The number of carbonyl (C=O) groups is 1. The summed E-state index contributed by atoms with van der Waals surface area (Å²) in [6.07, 6.45) is 0.452. The summed E-state index contributed by atoms with van der Waals surface area (Å²) in [5, 5.41) is 1.97. The molecule has 0 radical (unpaired) electrons. The number of methoxy groups -OCH3 is 1. The van der Waals surface area contributed by atoms with Crippen LogP contribution in [0, 0.1) is 0 Å². The largest absolute Gasteiger partial charge is 0.496 e. The summed E-state index contributed by atoms with van der Waals surface area (Å²) in [5.41, 5.74) is 9.36. The van der Waals surface area contributed by atoms with Gasteiger partial charge in [0.2, 0.25) is 5.91 Å². The summed E-state index contributed by atoms with van der Waals surface area (Å²) in [6, 6.07) is 7.68. The number of nitrogens with two attached hydrogens (primary N) is 1. The maximum absolute atomic E-state index is 11.7. The lowest BCUT2D eigenvalue weighted by atomic mass is 10.0. The average molecular weight is 288 g/mol. The van der Waals surface area contributed by atoms with E-state index >= 15 is 0 Å². The Morgan fingerprint density at radius 3 is 2.95 bits per heavy atom. The number of rotatable bonds is 3. The third-order valence-corrected chi connectivity index (χ3v) is 4.68. The zero-order valence-corrected chi connectivity index (χ0v) is 12.2. The predicted octanol–water partition coefficient (Wildman–Crippen LogP) is 2.32. The molecular formula is C15H16N2O2S. The Kier molecular flexibility index (Phi) is 3.23. The lowest BCUT2D eigenvalue weighted by Gasteiger charge is -2.15. The fourth-order valence-electron chi connectivity index (χ4n) is 2.54. The maximum Gasteiger partial charge on any atom is 0.231 e. The van der Waals surface area contributed by atoms with E-state index < -0.39 is 0 Å². The van der Waals surface area contributed by atoms with Crippen LogP contribution < -0.4 is 15.4 Å². The topological polar surface area (TPSA) is 55.6 Å². The minimum absolute atomic E-state index is 0.124. The van der Waals surface area contributed by atoms with Crippen LogP contribution in [0.1, 0.15) is 22.0 Å². The summed E-state index contributed by atoms with van der Waals surface area (Å²) in [4.78, 5) is 14.4. The van der Waals surface area contributed by atoms with Crippen molar-refractivity contribution in [2.75, 3.05) is 19.1 Å². The molecule has 3 rings (SSSR count). The molecule has 104 valence electrons. The first kappa shape index (κ1) is 13.1. The van der Waals surface area contributed by atoms with E-state index in [0.29, 0.717) is 6.42 Å². The molecule has 20 heavy (non-hydrogen) atoms. The van der Waals surface area contributed by atoms with Gasteiger partial charge in [0.1, 0.15) is 5.75 Å². The van der Waals surface area contributed by atoms with Gasteiger partial charge in [0.15, 0.2) is 0 Å². The summed E-state index contributed by atoms with van der Waals surface area (Å²) in [5.74, 6) is 0.940. The molecule has 1 amide bonds.